The number of hydrogen-bond donors (Lipinski definition) is 2. The predicted octanol–water partition coefficient (Wildman–Crippen LogP) is 6.37. The number of aromatic amines is 1. The zero-order chi connectivity index (χ0) is 24.4. The second-order valence-electron chi connectivity index (χ2n) is 8.97. The summed E-state index contributed by atoms with van der Waals surface area (Å²) in [6.45, 7) is 2.10. The van der Waals surface area contributed by atoms with E-state index in [1.165, 1.54) is 5.56 Å². The Morgan fingerprint density at radius 2 is 1.83 bits per heavy atom. The molecule has 5 aromatic rings. The van der Waals surface area contributed by atoms with Crippen molar-refractivity contribution in [1.82, 2.24) is 20.1 Å². The van der Waals surface area contributed by atoms with Gasteiger partial charge >= 0.3 is 0 Å². The summed E-state index contributed by atoms with van der Waals surface area (Å²) in [6.07, 6.45) is 6.43. The molecule has 2 aromatic heterocycles. The number of nitrogens with zero attached hydrogens (tertiary/aromatic N) is 2. The fourth-order valence-electron chi connectivity index (χ4n) is 4.52. The van der Waals surface area contributed by atoms with Gasteiger partial charge in [-0.25, -0.2) is 0 Å². The molecule has 6 heteroatoms. The number of aromatic nitrogens is 3. The maximum Gasteiger partial charge on any atom is 0.186 e. The fraction of sp³-hybridized carbons (Fsp3) is 0.172. The monoisotopic (exact) mass is 482 g/mol. The van der Waals surface area contributed by atoms with Crippen LogP contribution >= 0.6 is 11.6 Å². The van der Waals surface area contributed by atoms with Crippen LogP contribution in [0.15, 0.2) is 91.4 Å². The second-order valence-corrected chi connectivity index (χ2v) is 9.41. The first-order valence-corrected chi connectivity index (χ1v) is 12.1. The van der Waals surface area contributed by atoms with Crippen LogP contribution in [0, 0.1) is 0 Å². The molecule has 5 nitrogen and oxygen atoms in total. The molecule has 0 saturated heterocycles. The Balaban J connectivity index is 1.43. The van der Waals surface area contributed by atoms with Crippen LogP contribution in [0.3, 0.4) is 0 Å². The quantitative estimate of drug-likeness (QED) is 0.253. The summed E-state index contributed by atoms with van der Waals surface area (Å²) < 4.78 is 1.78. The molecule has 2 heterocycles. The van der Waals surface area contributed by atoms with E-state index in [-0.39, 0.29) is 11.8 Å². The molecule has 0 aliphatic rings. The van der Waals surface area contributed by atoms with Crippen LogP contribution in [0.1, 0.15) is 34.5 Å². The highest BCUT2D eigenvalue weighted by atomic mass is 35.5. The normalized spacial score (nSPS) is 13.1. The Kier molecular flexibility index (Phi) is 6.53. The molecular weight excluding hydrogens is 456 g/mol. The minimum Gasteiger partial charge on any atom is -0.360 e. The number of benzene rings is 3. The molecule has 3 aromatic carbocycles. The lowest BCUT2D eigenvalue weighted by atomic mass is 9.95. The molecule has 176 valence electrons. The highest BCUT2D eigenvalue weighted by molar-refractivity contribution is 6.30. The van der Waals surface area contributed by atoms with E-state index >= 15 is 0 Å². The molecule has 35 heavy (non-hydrogen) atoms. The van der Waals surface area contributed by atoms with Crippen LogP contribution in [0.2, 0.25) is 5.02 Å². The third-order valence-corrected chi connectivity index (χ3v) is 6.54. The fourth-order valence-corrected chi connectivity index (χ4v) is 4.65. The summed E-state index contributed by atoms with van der Waals surface area (Å²) in [6, 6.07) is 23.5. The molecule has 2 atom stereocenters. The Labute approximate surface area is 209 Å². The minimum absolute atomic E-state index is 0.0412. The highest BCUT2D eigenvalue weighted by Gasteiger charge is 2.26. The second kappa shape index (κ2) is 9.90. The number of halogens is 1. The number of aryl methyl sites for hydroxylation is 1. The maximum atomic E-state index is 13.9. The van der Waals surface area contributed by atoms with Gasteiger partial charge in [-0.15, -0.1) is 0 Å². The van der Waals surface area contributed by atoms with Crippen LogP contribution in [-0.4, -0.2) is 26.6 Å². The Morgan fingerprint density at radius 1 is 1.06 bits per heavy atom. The molecule has 0 fully saturated rings. The van der Waals surface area contributed by atoms with Crippen LogP contribution in [-0.2, 0) is 13.5 Å². The van der Waals surface area contributed by atoms with Crippen molar-refractivity contribution in [3.63, 3.8) is 0 Å². The van der Waals surface area contributed by atoms with Crippen molar-refractivity contribution in [1.29, 1.82) is 0 Å². The van der Waals surface area contributed by atoms with Gasteiger partial charge in [0.25, 0.3) is 0 Å². The molecule has 0 bridgehead atoms. The van der Waals surface area contributed by atoms with Crippen LogP contribution in [0.5, 0.6) is 0 Å². The maximum absolute atomic E-state index is 13.9. The van der Waals surface area contributed by atoms with Gasteiger partial charge in [0.05, 0.1) is 12.2 Å². The van der Waals surface area contributed by atoms with Crippen LogP contribution in [0.4, 0.5) is 0 Å². The van der Waals surface area contributed by atoms with E-state index in [1.54, 1.807) is 4.68 Å². The number of carbonyl (C=O) groups is 1. The van der Waals surface area contributed by atoms with Gasteiger partial charge in [-0.05, 0) is 48.2 Å². The van der Waals surface area contributed by atoms with Crippen molar-refractivity contribution in [3.05, 3.63) is 113 Å². The van der Waals surface area contributed by atoms with Gasteiger partial charge in [-0.2, -0.15) is 5.10 Å². The molecule has 0 aliphatic heterocycles. The number of nitrogens with one attached hydrogen (secondary N) is 2. The molecule has 0 saturated carbocycles. The van der Waals surface area contributed by atoms with Crippen LogP contribution < -0.4 is 5.32 Å². The minimum atomic E-state index is -0.462. The van der Waals surface area contributed by atoms with E-state index in [9.17, 15) is 4.79 Å². The molecule has 0 spiro atoms. The van der Waals surface area contributed by atoms with E-state index in [2.05, 4.69) is 28.4 Å². The van der Waals surface area contributed by atoms with Crippen molar-refractivity contribution in [2.75, 3.05) is 0 Å². The van der Waals surface area contributed by atoms with Crippen molar-refractivity contribution < 1.29 is 4.79 Å². The smallest absolute Gasteiger partial charge is 0.186 e. The summed E-state index contributed by atoms with van der Waals surface area (Å²) in [5, 5.41) is 9.48. The number of rotatable bonds is 8. The number of hydrogen-bond acceptors (Lipinski definition) is 3. The summed E-state index contributed by atoms with van der Waals surface area (Å²) in [7, 11) is 1.90. The van der Waals surface area contributed by atoms with Gasteiger partial charge in [-0.1, -0.05) is 66.2 Å². The summed E-state index contributed by atoms with van der Waals surface area (Å²) in [5.41, 5.74) is 5.82. The number of ketones is 1. The summed E-state index contributed by atoms with van der Waals surface area (Å²) in [5.74, 6) is 0.0412. The van der Waals surface area contributed by atoms with Crippen molar-refractivity contribution in [2.45, 2.75) is 25.4 Å². The SMILES string of the molecule is C[C@H](Cc1ccc(Cl)cc1)N[C@@H](C(=O)c1c[nH]c2cc(-c3cnn(C)c3)ccc12)c1ccccc1. The first-order chi connectivity index (χ1) is 17.0. The number of fused-ring (bicyclic) bond motifs is 1. The molecule has 0 amide bonds. The van der Waals surface area contributed by atoms with Crippen LogP contribution in [0.25, 0.3) is 22.0 Å². The Hall–Kier alpha value is -3.67. The average Bonchev–Trinajstić information content (AvgIpc) is 3.50. The number of carbonyl (C=O) groups excluding carboxylic acids is 1. The lowest BCUT2D eigenvalue weighted by molar-refractivity contribution is 0.0938. The first-order valence-electron chi connectivity index (χ1n) is 11.7. The molecule has 5 rings (SSSR count). The number of H-pyrrole nitrogens is 1. The van der Waals surface area contributed by atoms with Gasteiger partial charge in [0, 0.05) is 52.5 Å². The Morgan fingerprint density at radius 3 is 2.54 bits per heavy atom. The molecule has 0 aliphatic carbocycles. The van der Waals surface area contributed by atoms with E-state index in [1.807, 2.05) is 92.4 Å². The molecule has 2 N–H and O–H groups in total. The molecular formula is C29H27ClN4O. The topological polar surface area (TPSA) is 62.7 Å². The van der Waals surface area contributed by atoms with E-state index in [0.29, 0.717) is 5.56 Å². The van der Waals surface area contributed by atoms with E-state index in [4.69, 9.17) is 11.6 Å². The first kappa shape index (κ1) is 23.1. The van der Waals surface area contributed by atoms with E-state index < -0.39 is 6.04 Å². The van der Waals surface area contributed by atoms with Gasteiger partial charge in [0.2, 0.25) is 0 Å². The van der Waals surface area contributed by atoms with Crippen molar-refractivity contribution in [2.24, 2.45) is 7.05 Å². The van der Waals surface area contributed by atoms with Gasteiger partial charge < -0.3 is 10.3 Å². The van der Waals surface area contributed by atoms with Crippen molar-refractivity contribution >= 4 is 28.3 Å². The highest BCUT2D eigenvalue weighted by Crippen LogP contribution is 2.29. The largest absolute Gasteiger partial charge is 0.360 e. The number of Topliss-reactive ketones (excluding diaryl/α,β-unsaturated/α-hetero) is 1. The van der Waals surface area contributed by atoms with E-state index in [0.717, 1.165) is 39.0 Å². The predicted molar refractivity (Wildman–Crippen MR) is 142 cm³/mol. The average molecular weight is 483 g/mol. The summed E-state index contributed by atoms with van der Waals surface area (Å²) in [4.78, 5) is 17.2. The third kappa shape index (κ3) is 5.06. The van der Waals surface area contributed by atoms with Gasteiger partial charge in [0.15, 0.2) is 5.78 Å². The van der Waals surface area contributed by atoms with Crippen molar-refractivity contribution in [3.8, 4) is 11.1 Å². The zero-order valence-electron chi connectivity index (χ0n) is 19.7. The molecule has 0 radical (unpaired) electrons. The van der Waals surface area contributed by atoms with Gasteiger partial charge in [0.1, 0.15) is 0 Å². The zero-order valence-corrected chi connectivity index (χ0v) is 20.5. The third-order valence-electron chi connectivity index (χ3n) is 6.29. The summed E-state index contributed by atoms with van der Waals surface area (Å²) >= 11 is 6.04. The Bertz CT molecular complexity index is 1450. The standard InChI is InChI=1S/C29H27ClN4O/c1-19(14-20-8-11-24(30)12-9-20)33-28(21-6-4-3-5-7-21)29(35)26-17-31-27-15-22(10-13-25(26)27)23-16-32-34(2)18-23/h3-13,15-19,28,31,33H,14H2,1-2H3/t19-,28-/m1/s1. The van der Waals surface area contributed by atoms with Gasteiger partial charge in [-0.3, -0.25) is 9.48 Å². The molecule has 0 unspecified atom stereocenters. The lowest BCUT2D eigenvalue weighted by Gasteiger charge is -2.23. The lowest BCUT2D eigenvalue weighted by Crippen LogP contribution is -2.36.